The van der Waals surface area contributed by atoms with Gasteiger partial charge in [0.15, 0.2) is 0 Å². The van der Waals surface area contributed by atoms with Gasteiger partial charge in [-0.15, -0.1) is 0 Å². The molecule has 1 aromatic heterocycles. The van der Waals surface area contributed by atoms with Crippen molar-refractivity contribution >= 4 is 40.0 Å². The van der Waals surface area contributed by atoms with Crippen LogP contribution in [0.15, 0.2) is 42.5 Å². The van der Waals surface area contributed by atoms with Gasteiger partial charge in [-0.2, -0.15) is 4.98 Å². The second-order valence-electron chi connectivity index (χ2n) is 6.05. The number of benzene rings is 2. The maximum absolute atomic E-state index is 6.13. The molecular weight excluding hydrogens is 336 g/mol. The summed E-state index contributed by atoms with van der Waals surface area (Å²) in [7, 11) is 1.63. The molecule has 128 valence electrons. The number of hydrogen-bond donors (Lipinski definition) is 1. The Hall–Kier alpha value is -2.53. The molecule has 2 heterocycles. The molecular formula is C19H19ClN4O. The molecule has 1 saturated heterocycles. The minimum atomic E-state index is 0.543. The summed E-state index contributed by atoms with van der Waals surface area (Å²) in [4.78, 5) is 11.8. The fourth-order valence-electron chi connectivity index (χ4n) is 3.18. The molecule has 2 aromatic carbocycles. The number of halogens is 1. The van der Waals surface area contributed by atoms with Crippen molar-refractivity contribution in [2.75, 3.05) is 30.4 Å². The zero-order chi connectivity index (χ0) is 17.2. The summed E-state index contributed by atoms with van der Waals surface area (Å²) >= 11 is 6.13. The van der Waals surface area contributed by atoms with E-state index in [9.17, 15) is 0 Å². The SMILES string of the molecule is COc1ccc(Cl)cc1Nc1nc(N2CCCC2)c2ccccc2n1. The van der Waals surface area contributed by atoms with Crippen molar-refractivity contribution in [2.45, 2.75) is 12.8 Å². The number of hydrogen-bond acceptors (Lipinski definition) is 5. The first-order valence-electron chi connectivity index (χ1n) is 8.37. The van der Waals surface area contributed by atoms with E-state index in [2.05, 4.69) is 21.3 Å². The number of rotatable bonds is 4. The van der Waals surface area contributed by atoms with E-state index in [1.165, 1.54) is 12.8 Å². The Morgan fingerprint density at radius 1 is 1.08 bits per heavy atom. The van der Waals surface area contributed by atoms with Crippen LogP contribution in [0.25, 0.3) is 10.9 Å². The number of ether oxygens (including phenoxy) is 1. The normalized spacial score (nSPS) is 14.1. The Morgan fingerprint density at radius 2 is 1.88 bits per heavy atom. The third kappa shape index (κ3) is 3.20. The lowest BCUT2D eigenvalue weighted by molar-refractivity contribution is 0.417. The van der Waals surface area contributed by atoms with E-state index >= 15 is 0 Å². The van der Waals surface area contributed by atoms with Crippen molar-refractivity contribution in [1.29, 1.82) is 0 Å². The maximum atomic E-state index is 6.13. The zero-order valence-corrected chi connectivity index (χ0v) is 14.8. The molecule has 3 aromatic rings. The first-order chi connectivity index (χ1) is 12.2. The van der Waals surface area contributed by atoms with Crippen LogP contribution >= 0.6 is 11.6 Å². The van der Waals surface area contributed by atoms with Gasteiger partial charge in [0.2, 0.25) is 5.95 Å². The highest BCUT2D eigenvalue weighted by Gasteiger charge is 2.18. The highest BCUT2D eigenvalue weighted by molar-refractivity contribution is 6.31. The molecule has 0 unspecified atom stereocenters. The van der Waals surface area contributed by atoms with Gasteiger partial charge in [-0.05, 0) is 43.2 Å². The zero-order valence-electron chi connectivity index (χ0n) is 14.0. The second-order valence-corrected chi connectivity index (χ2v) is 6.49. The van der Waals surface area contributed by atoms with E-state index in [-0.39, 0.29) is 0 Å². The molecule has 1 aliphatic rings. The fourth-order valence-corrected chi connectivity index (χ4v) is 3.36. The summed E-state index contributed by atoms with van der Waals surface area (Å²) in [6, 6.07) is 13.5. The summed E-state index contributed by atoms with van der Waals surface area (Å²) in [5.41, 5.74) is 1.67. The summed E-state index contributed by atoms with van der Waals surface area (Å²) < 4.78 is 5.40. The van der Waals surface area contributed by atoms with Crippen LogP contribution in [0.2, 0.25) is 5.02 Å². The molecule has 1 fully saturated rings. The molecule has 0 radical (unpaired) electrons. The number of para-hydroxylation sites is 1. The van der Waals surface area contributed by atoms with Crippen LogP contribution < -0.4 is 15.0 Å². The minimum absolute atomic E-state index is 0.543. The van der Waals surface area contributed by atoms with Crippen molar-refractivity contribution in [3.05, 3.63) is 47.5 Å². The standard InChI is InChI=1S/C19H19ClN4O/c1-25-17-9-8-13(20)12-16(17)22-19-21-15-7-3-2-6-14(15)18(23-19)24-10-4-5-11-24/h2-3,6-9,12H,4-5,10-11H2,1H3,(H,21,22,23). The quantitative estimate of drug-likeness (QED) is 0.739. The third-order valence-corrected chi connectivity index (χ3v) is 4.63. The highest BCUT2D eigenvalue weighted by Crippen LogP contribution is 2.32. The molecule has 0 amide bonds. The molecule has 1 aliphatic heterocycles. The number of aromatic nitrogens is 2. The lowest BCUT2D eigenvalue weighted by Crippen LogP contribution is -2.20. The van der Waals surface area contributed by atoms with Crippen molar-refractivity contribution in [2.24, 2.45) is 0 Å². The number of nitrogens with zero attached hydrogens (tertiary/aromatic N) is 3. The Morgan fingerprint density at radius 3 is 2.68 bits per heavy atom. The third-order valence-electron chi connectivity index (χ3n) is 4.40. The summed E-state index contributed by atoms with van der Waals surface area (Å²) in [6.45, 7) is 2.06. The molecule has 0 atom stereocenters. The summed E-state index contributed by atoms with van der Waals surface area (Å²) in [6.07, 6.45) is 2.40. The first-order valence-corrected chi connectivity index (χ1v) is 8.75. The van der Waals surface area contributed by atoms with E-state index in [4.69, 9.17) is 21.3 Å². The van der Waals surface area contributed by atoms with Crippen LogP contribution in [0.5, 0.6) is 5.75 Å². The summed E-state index contributed by atoms with van der Waals surface area (Å²) in [5.74, 6) is 2.22. The largest absolute Gasteiger partial charge is 0.495 e. The van der Waals surface area contributed by atoms with Gasteiger partial charge in [-0.1, -0.05) is 23.7 Å². The maximum Gasteiger partial charge on any atom is 0.229 e. The predicted molar refractivity (Wildman–Crippen MR) is 102 cm³/mol. The van der Waals surface area contributed by atoms with Gasteiger partial charge in [-0.25, -0.2) is 4.98 Å². The molecule has 0 spiro atoms. The molecule has 6 heteroatoms. The Bertz CT molecular complexity index is 909. The topological polar surface area (TPSA) is 50.3 Å². The van der Waals surface area contributed by atoms with E-state index < -0.39 is 0 Å². The van der Waals surface area contributed by atoms with Gasteiger partial charge in [0.05, 0.1) is 18.3 Å². The first kappa shape index (κ1) is 16.0. The van der Waals surface area contributed by atoms with Crippen LogP contribution in [0.3, 0.4) is 0 Å². The monoisotopic (exact) mass is 354 g/mol. The molecule has 0 aliphatic carbocycles. The number of anilines is 3. The number of fused-ring (bicyclic) bond motifs is 1. The highest BCUT2D eigenvalue weighted by atomic mass is 35.5. The molecule has 0 saturated carbocycles. The van der Waals surface area contributed by atoms with Gasteiger partial charge < -0.3 is 15.0 Å². The van der Waals surface area contributed by atoms with E-state index in [0.717, 1.165) is 35.5 Å². The van der Waals surface area contributed by atoms with Gasteiger partial charge in [0.1, 0.15) is 11.6 Å². The molecule has 0 bridgehead atoms. The van der Waals surface area contributed by atoms with Gasteiger partial charge in [0, 0.05) is 23.5 Å². The number of methoxy groups -OCH3 is 1. The van der Waals surface area contributed by atoms with Crippen molar-refractivity contribution < 1.29 is 4.74 Å². The Kier molecular flexibility index (Phi) is 4.32. The minimum Gasteiger partial charge on any atom is -0.495 e. The van der Waals surface area contributed by atoms with E-state index in [0.29, 0.717) is 16.7 Å². The smallest absolute Gasteiger partial charge is 0.229 e. The van der Waals surface area contributed by atoms with Crippen LogP contribution in [0, 0.1) is 0 Å². The van der Waals surface area contributed by atoms with E-state index in [1.54, 1.807) is 13.2 Å². The average molecular weight is 355 g/mol. The van der Waals surface area contributed by atoms with Crippen LogP contribution in [0.4, 0.5) is 17.5 Å². The van der Waals surface area contributed by atoms with Gasteiger partial charge >= 0.3 is 0 Å². The molecule has 25 heavy (non-hydrogen) atoms. The molecule has 5 nitrogen and oxygen atoms in total. The fraction of sp³-hybridized carbons (Fsp3) is 0.263. The summed E-state index contributed by atoms with van der Waals surface area (Å²) in [5, 5.41) is 4.97. The molecule has 1 N–H and O–H groups in total. The van der Waals surface area contributed by atoms with Gasteiger partial charge in [0.25, 0.3) is 0 Å². The predicted octanol–water partition coefficient (Wildman–Crippen LogP) is 4.64. The van der Waals surface area contributed by atoms with Crippen LogP contribution in [0.1, 0.15) is 12.8 Å². The molecule has 4 rings (SSSR count). The van der Waals surface area contributed by atoms with Gasteiger partial charge in [-0.3, -0.25) is 0 Å². The van der Waals surface area contributed by atoms with E-state index in [1.807, 2.05) is 30.3 Å². The van der Waals surface area contributed by atoms with Crippen molar-refractivity contribution in [3.63, 3.8) is 0 Å². The van der Waals surface area contributed by atoms with Crippen molar-refractivity contribution in [3.8, 4) is 5.75 Å². The second kappa shape index (κ2) is 6.76. The van der Waals surface area contributed by atoms with Crippen LogP contribution in [-0.2, 0) is 0 Å². The van der Waals surface area contributed by atoms with Crippen molar-refractivity contribution in [1.82, 2.24) is 9.97 Å². The Balaban J connectivity index is 1.79. The lowest BCUT2D eigenvalue weighted by Gasteiger charge is -2.19. The Labute approximate surface area is 151 Å². The average Bonchev–Trinajstić information content (AvgIpc) is 3.16. The number of nitrogens with one attached hydrogen (secondary N) is 1. The van der Waals surface area contributed by atoms with Crippen LogP contribution in [-0.4, -0.2) is 30.2 Å². The lowest BCUT2D eigenvalue weighted by atomic mass is 10.2.